The summed E-state index contributed by atoms with van der Waals surface area (Å²) >= 11 is 0. The zero-order chi connectivity index (χ0) is 16.2. The Morgan fingerprint density at radius 3 is 2.64 bits per heavy atom. The van der Waals surface area contributed by atoms with Crippen LogP contribution in [0.3, 0.4) is 0 Å². The van der Waals surface area contributed by atoms with Crippen molar-refractivity contribution < 1.29 is 23.1 Å². The van der Waals surface area contributed by atoms with Crippen molar-refractivity contribution in [1.29, 1.82) is 0 Å². The highest BCUT2D eigenvalue weighted by Crippen LogP contribution is 2.31. The maximum Gasteiger partial charge on any atom is 0.416 e. The Morgan fingerprint density at radius 2 is 2.05 bits per heavy atom. The number of carbonyl (C=O) groups excluding carboxylic acids is 1. The first kappa shape index (κ1) is 16.8. The number of nitrogens with one attached hydrogen (secondary N) is 2. The van der Waals surface area contributed by atoms with Crippen molar-refractivity contribution in [2.24, 2.45) is 0 Å². The number of hydrogen-bond acceptors (Lipinski definition) is 3. The fraction of sp³-hybridized carbons (Fsp3) is 0.533. The molecule has 1 aromatic carbocycles. The summed E-state index contributed by atoms with van der Waals surface area (Å²) in [5.74, 6) is 0. The van der Waals surface area contributed by atoms with E-state index in [1.807, 2.05) is 0 Å². The summed E-state index contributed by atoms with van der Waals surface area (Å²) in [6, 6.07) is 4.35. The molecular formula is C15H19F3N2O2. The van der Waals surface area contributed by atoms with Gasteiger partial charge in [0.15, 0.2) is 0 Å². The molecule has 4 nitrogen and oxygen atoms in total. The Balaban J connectivity index is 2.19. The van der Waals surface area contributed by atoms with E-state index in [0.717, 1.165) is 12.1 Å². The van der Waals surface area contributed by atoms with E-state index in [1.165, 1.54) is 6.07 Å². The van der Waals surface area contributed by atoms with Crippen LogP contribution in [0.4, 0.5) is 13.2 Å². The summed E-state index contributed by atoms with van der Waals surface area (Å²) in [5, 5.41) is 16.3. The van der Waals surface area contributed by atoms with Crippen molar-refractivity contribution in [2.75, 3.05) is 13.1 Å². The first-order valence-electron chi connectivity index (χ1n) is 7.14. The summed E-state index contributed by atoms with van der Waals surface area (Å²) in [6.07, 6.45) is -2.89. The Labute approximate surface area is 126 Å². The minimum Gasteiger partial charge on any atom is -0.388 e. The molecule has 0 bridgehead atoms. The van der Waals surface area contributed by atoms with Crippen LogP contribution in [0, 0.1) is 0 Å². The monoisotopic (exact) mass is 316 g/mol. The topological polar surface area (TPSA) is 61.4 Å². The van der Waals surface area contributed by atoms with Gasteiger partial charge in [-0.05, 0) is 44.0 Å². The number of piperidine rings is 1. The van der Waals surface area contributed by atoms with E-state index in [9.17, 15) is 23.1 Å². The van der Waals surface area contributed by atoms with Gasteiger partial charge >= 0.3 is 6.18 Å². The molecule has 122 valence electrons. The largest absolute Gasteiger partial charge is 0.416 e. The molecule has 7 heteroatoms. The van der Waals surface area contributed by atoms with Gasteiger partial charge in [0.1, 0.15) is 0 Å². The molecule has 1 aromatic rings. The highest BCUT2D eigenvalue weighted by atomic mass is 19.4. The molecule has 1 aliphatic rings. The summed E-state index contributed by atoms with van der Waals surface area (Å²) in [7, 11) is 0. The van der Waals surface area contributed by atoms with Gasteiger partial charge in [0.05, 0.1) is 17.2 Å². The molecule has 3 N–H and O–H groups in total. The summed E-state index contributed by atoms with van der Waals surface area (Å²) < 4.78 is 38.3. The third kappa shape index (κ3) is 3.98. The summed E-state index contributed by atoms with van der Waals surface area (Å²) in [4.78, 5) is 10.8. The number of alkyl halides is 3. The molecule has 0 radical (unpaired) electrons. The lowest BCUT2D eigenvalue weighted by molar-refractivity contribution is -0.137. The van der Waals surface area contributed by atoms with Crippen LogP contribution in [-0.4, -0.2) is 36.2 Å². The number of benzene rings is 1. The molecule has 1 atom stereocenters. The molecule has 0 saturated carbocycles. The van der Waals surface area contributed by atoms with Gasteiger partial charge < -0.3 is 15.7 Å². The van der Waals surface area contributed by atoms with Crippen LogP contribution < -0.4 is 10.6 Å². The number of rotatable bonds is 5. The quantitative estimate of drug-likeness (QED) is 0.721. The van der Waals surface area contributed by atoms with Crippen LogP contribution >= 0.6 is 0 Å². The normalized spacial score (nSPS) is 19.5. The first-order valence-corrected chi connectivity index (χ1v) is 7.14. The van der Waals surface area contributed by atoms with Crippen LogP contribution in [0.2, 0.25) is 0 Å². The lowest BCUT2D eigenvalue weighted by atomic mass is 9.82. The van der Waals surface area contributed by atoms with Gasteiger partial charge in [0, 0.05) is 0 Å². The zero-order valence-corrected chi connectivity index (χ0v) is 12.0. The maximum atomic E-state index is 12.8. The molecule has 1 fully saturated rings. The van der Waals surface area contributed by atoms with E-state index in [2.05, 4.69) is 10.6 Å². The van der Waals surface area contributed by atoms with Gasteiger partial charge in [-0.15, -0.1) is 0 Å². The van der Waals surface area contributed by atoms with Crippen LogP contribution in [0.1, 0.15) is 24.0 Å². The highest BCUT2D eigenvalue weighted by molar-refractivity contribution is 5.47. The molecule has 1 unspecified atom stereocenters. The average molecular weight is 316 g/mol. The van der Waals surface area contributed by atoms with Gasteiger partial charge in [-0.25, -0.2) is 0 Å². The predicted octanol–water partition coefficient (Wildman–Crippen LogP) is 1.48. The zero-order valence-electron chi connectivity index (χ0n) is 12.0. The Hall–Kier alpha value is -1.60. The van der Waals surface area contributed by atoms with Gasteiger partial charge in [-0.2, -0.15) is 13.2 Å². The third-order valence-electron chi connectivity index (χ3n) is 4.08. The van der Waals surface area contributed by atoms with E-state index >= 15 is 0 Å². The molecule has 1 saturated heterocycles. The standard InChI is InChI=1S/C15H19F3N2O2/c16-15(17,18)12-3-1-2-11(8-12)9-13(20-10-21)14(22)4-6-19-7-5-14/h1-3,8,10,13,19,22H,4-7,9H2,(H,20,21). The fourth-order valence-corrected chi connectivity index (χ4v) is 2.80. The second-order valence-corrected chi connectivity index (χ2v) is 5.59. The second kappa shape index (κ2) is 6.66. The Morgan fingerprint density at radius 1 is 1.36 bits per heavy atom. The van der Waals surface area contributed by atoms with Crippen molar-refractivity contribution in [3.05, 3.63) is 35.4 Å². The molecule has 1 amide bonds. The van der Waals surface area contributed by atoms with Crippen LogP contribution in [0.5, 0.6) is 0 Å². The van der Waals surface area contributed by atoms with Crippen molar-refractivity contribution in [2.45, 2.75) is 37.1 Å². The average Bonchev–Trinajstić information content (AvgIpc) is 2.47. The van der Waals surface area contributed by atoms with Gasteiger partial charge in [0.25, 0.3) is 0 Å². The van der Waals surface area contributed by atoms with Gasteiger partial charge in [-0.3, -0.25) is 4.79 Å². The summed E-state index contributed by atoms with van der Waals surface area (Å²) in [5.41, 5.74) is -1.41. The van der Waals surface area contributed by atoms with Crippen molar-refractivity contribution in [1.82, 2.24) is 10.6 Å². The van der Waals surface area contributed by atoms with Gasteiger partial charge in [-0.1, -0.05) is 18.2 Å². The van der Waals surface area contributed by atoms with E-state index in [0.29, 0.717) is 37.9 Å². The van der Waals surface area contributed by atoms with E-state index < -0.39 is 23.4 Å². The molecular weight excluding hydrogens is 297 g/mol. The molecule has 1 aliphatic heterocycles. The van der Waals surface area contributed by atoms with E-state index in [1.54, 1.807) is 6.07 Å². The molecule has 22 heavy (non-hydrogen) atoms. The van der Waals surface area contributed by atoms with E-state index in [-0.39, 0.29) is 6.42 Å². The smallest absolute Gasteiger partial charge is 0.388 e. The van der Waals surface area contributed by atoms with Crippen molar-refractivity contribution in [3.63, 3.8) is 0 Å². The lowest BCUT2D eigenvalue weighted by Gasteiger charge is -2.39. The number of amides is 1. The molecule has 1 heterocycles. The minimum absolute atomic E-state index is 0.152. The molecule has 0 spiro atoms. The number of carbonyl (C=O) groups is 1. The number of aliphatic hydroxyl groups is 1. The number of hydrogen-bond donors (Lipinski definition) is 3. The first-order chi connectivity index (χ1) is 10.3. The van der Waals surface area contributed by atoms with Crippen molar-refractivity contribution in [3.8, 4) is 0 Å². The molecule has 0 aromatic heterocycles. The molecule has 0 aliphatic carbocycles. The Bertz CT molecular complexity index is 514. The van der Waals surface area contributed by atoms with Crippen LogP contribution in [0.25, 0.3) is 0 Å². The third-order valence-corrected chi connectivity index (χ3v) is 4.08. The number of halogens is 3. The second-order valence-electron chi connectivity index (χ2n) is 5.59. The minimum atomic E-state index is -4.41. The van der Waals surface area contributed by atoms with Gasteiger partial charge in [0.2, 0.25) is 6.41 Å². The highest BCUT2D eigenvalue weighted by Gasteiger charge is 2.38. The maximum absolute atomic E-state index is 12.8. The summed E-state index contributed by atoms with van der Waals surface area (Å²) in [6.45, 7) is 1.21. The van der Waals surface area contributed by atoms with E-state index in [4.69, 9.17) is 0 Å². The fourth-order valence-electron chi connectivity index (χ4n) is 2.80. The van der Waals surface area contributed by atoms with Crippen LogP contribution in [0.15, 0.2) is 24.3 Å². The van der Waals surface area contributed by atoms with Crippen LogP contribution in [-0.2, 0) is 17.4 Å². The SMILES string of the molecule is O=CNC(Cc1cccc(C(F)(F)F)c1)C1(O)CCNCC1. The van der Waals surface area contributed by atoms with Crippen molar-refractivity contribution >= 4 is 6.41 Å². The Kier molecular flexibility index (Phi) is 5.08. The lowest BCUT2D eigenvalue weighted by Crippen LogP contribution is -2.56. The molecule has 2 rings (SSSR count). The predicted molar refractivity (Wildman–Crippen MR) is 75.2 cm³/mol.